The number of halogens is 2. The van der Waals surface area contributed by atoms with E-state index in [9.17, 15) is 0 Å². The molecule has 0 amide bonds. The highest BCUT2D eigenvalue weighted by atomic mass is 79.9. The van der Waals surface area contributed by atoms with Crippen LogP contribution < -0.4 is 5.32 Å². The summed E-state index contributed by atoms with van der Waals surface area (Å²) in [4.78, 5) is 2.83. The number of rotatable bonds is 3. The third-order valence-corrected chi connectivity index (χ3v) is 5.96. The predicted molar refractivity (Wildman–Crippen MR) is 79.2 cm³/mol. The van der Waals surface area contributed by atoms with Gasteiger partial charge in [0.1, 0.15) is 0 Å². The molecule has 17 heavy (non-hydrogen) atoms. The number of hydrogen-bond acceptors (Lipinski definition) is 3. The van der Waals surface area contributed by atoms with Crippen LogP contribution in [0, 0.1) is 0 Å². The molecular weight excluding hydrogens is 338 g/mol. The lowest BCUT2D eigenvalue weighted by molar-refractivity contribution is 0.533. The molecule has 5 heteroatoms. The Morgan fingerprint density at radius 1 is 1.41 bits per heavy atom. The monoisotopic (exact) mass is 347 g/mol. The molecule has 0 aromatic carbocycles. The van der Waals surface area contributed by atoms with Gasteiger partial charge in [0.25, 0.3) is 0 Å². The Labute approximate surface area is 122 Å². The Hall–Kier alpha value is 0.130. The molecule has 0 saturated carbocycles. The van der Waals surface area contributed by atoms with Crippen molar-refractivity contribution in [3.8, 4) is 0 Å². The minimum Gasteiger partial charge on any atom is -0.305 e. The average Bonchev–Trinajstić information content (AvgIpc) is 2.92. The molecule has 1 N–H and O–H groups in total. The van der Waals surface area contributed by atoms with Crippen LogP contribution in [0.2, 0.25) is 4.34 Å². The summed E-state index contributed by atoms with van der Waals surface area (Å²) >= 11 is 13.1. The zero-order valence-electron chi connectivity index (χ0n) is 9.00. The van der Waals surface area contributed by atoms with Crippen molar-refractivity contribution in [3.63, 3.8) is 0 Å². The average molecular weight is 349 g/mol. The number of aryl methyl sites for hydroxylation is 1. The Morgan fingerprint density at radius 3 is 3.06 bits per heavy atom. The molecule has 90 valence electrons. The summed E-state index contributed by atoms with van der Waals surface area (Å²) in [6, 6.07) is 6.87. The fourth-order valence-corrected chi connectivity index (χ4v) is 5.00. The lowest BCUT2D eigenvalue weighted by Crippen LogP contribution is -2.17. The van der Waals surface area contributed by atoms with Crippen molar-refractivity contribution in [2.24, 2.45) is 0 Å². The number of nitrogens with one attached hydrogen (secondary N) is 1. The molecule has 0 bridgehead atoms. The Bertz CT molecular complexity index is 534. The summed E-state index contributed by atoms with van der Waals surface area (Å²) < 4.78 is 2.11. The first-order valence-corrected chi connectivity index (χ1v) is 8.28. The van der Waals surface area contributed by atoms with Gasteiger partial charge in [0, 0.05) is 22.3 Å². The molecule has 0 spiro atoms. The van der Waals surface area contributed by atoms with Crippen LogP contribution in [0.25, 0.3) is 0 Å². The minimum absolute atomic E-state index is 0.481. The molecule has 1 unspecified atom stereocenters. The number of thiophene rings is 2. The van der Waals surface area contributed by atoms with Crippen molar-refractivity contribution in [1.82, 2.24) is 5.32 Å². The fraction of sp³-hybridized carbons (Fsp3) is 0.333. The zero-order valence-corrected chi connectivity index (χ0v) is 13.0. The lowest BCUT2D eigenvalue weighted by Gasteiger charge is -2.11. The van der Waals surface area contributed by atoms with Gasteiger partial charge in [-0.1, -0.05) is 11.6 Å². The molecule has 2 heterocycles. The Morgan fingerprint density at radius 2 is 2.29 bits per heavy atom. The second-order valence-electron chi connectivity index (χ2n) is 4.11. The molecule has 2 aromatic heterocycles. The van der Waals surface area contributed by atoms with E-state index in [0.717, 1.165) is 10.9 Å². The molecule has 3 rings (SSSR count). The maximum atomic E-state index is 6.05. The maximum Gasteiger partial charge on any atom is 0.0934 e. The van der Waals surface area contributed by atoms with Gasteiger partial charge in [-0.15, -0.1) is 22.7 Å². The van der Waals surface area contributed by atoms with Crippen LogP contribution >= 0.6 is 50.2 Å². The standard InChI is InChI=1S/C12H11BrClNS2/c13-11-4-1-7(16-11)6-15-9-2-3-10-8(9)5-12(14)17-10/h1,4-5,9,15H,2-3,6H2. The van der Waals surface area contributed by atoms with Crippen LogP contribution in [0.15, 0.2) is 22.0 Å². The van der Waals surface area contributed by atoms with Crippen LogP contribution in [-0.4, -0.2) is 0 Å². The molecule has 0 fully saturated rings. The van der Waals surface area contributed by atoms with E-state index >= 15 is 0 Å². The maximum absolute atomic E-state index is 6.05. The van der Waals surface area contributed by atoms with Gasteiger partial charge in [-0.05, 0) is 52.5 Å². The highest BCUT2D eigenvalue weighted by molar-refractivity contribution is 9.11. The normalized spacial score (nSPS) is 18.6. The van der Waals surface area contributed by atoms with Crippen molar-refractivity contribution in [2.45, 2.75) is 25.4 Å². The van der Waals surface area contributed by atoms with Gasteiger partial charge in [0.15, 0.2) is 0 Å². The Kier molecular flexibility index (Phi) is 3.59. The quantitative estimate of drug-likeness (QED) is 0.823. The predicted octanol–water partition coefficient (Wildman–Crippen LogP) is 5.00. The van der Waals surface area contributed by atoms with Gasteiger partial charge in [0.05, 0.1) is 8.12 Å². The first kappa shape index (κ1) is 12.2. The van der Waals surface area contributed by atoms with E-state index in [1.165, 1.54) is 31.9 Å². The topological polar surface area (TPSA) is 12.0 Å². The summed E-state index contributed by atoms with van der Waals surface area (Å²) in [5, 5.41) is 3.62. The molecule has 0 aliphatic heterocycles. The van der Waals surface area contributed by atoms with Gasteiger partial charge in [-0.2, -0.15) is 0 Å². The highest BCUT2D eigenvalue weighted by Gasteiger charge is 2.24. The van der Waals surface area contributed by atoms with Crippen molar-refractivity contribution in [3.05, 3.63) is 41.6 Å². The molecular formula is C12H11BrClNS2. The Balaban J connectivity index is 1.67. The van der Waals surface area contributed by atoms with Gasteiger partial charge >= 0.3 is 0 Å². The SMILES string of the molecule is Clc1cc2c(s1)CCC2NCc1ccc(Br)s1. The fourth-order valence-electron chi connectivity index (χ4n) is 2.21. The van der Waals surface area contributed by atoms with E-state index in [0.29, 0.717) is 6.04 Å². The summed E-state index contributed by atoms with van der Waals surface area (Å²) in [6.45, 7) is 0.938. The second-order valence-corrected chi connectivity index (χ2v) is 8.42. The van der Waals surface area contributed by atoms with Gasteiger partial charge in [-0.25, -0.2) is 0 Å². The van der Waals surface area contributed by atoms with Crippen LogP contribution in [0.4, 0.5) is 0 Å². The van der Waals surface area contributed by atoms with Crippen LogP contribution in [0.5, 0.6) is 0 Å². The van der Waals surface area contributed by atoms with E-state index in [2.05, 4.69) is 39.4 Å². The summed E-state index contributed by atoms with van der Waals surface area (Å²) in [6.07, 6.45) is 2.36. The molecule has 1 aliphatic rings. The van der Waals surface area contributed by atoms with E-state index in [-0.39, 0.29) is 0 Å². The van der Waals surface area contributed by atoms with E-state index < -0.39 is 0 Å². The van der Waals surface area contributed by atoms with E-state index in [1.54, 1.807) is 22.7 Å². The summed E-state index contributed by atoms with van der Waals surface area (Å²) in [5.41, 5.74) is 1.41. The highest BCUT2D eigenvalue weighted by Crippen LogP contribution is 2.39. The summed E-state index contributed by atoms with van der Waals surface area (Å²) in [7, 11) is 0. The number of fused-ring (bicyclic) bond motifs is 1. The molecule has 2 aromatic rings. The van der Waals surface area contributed by atoms with Gasteiger partial charge < -0.3 is 5.32 Å². The summed E-state index contributed by atoms with van der Waals surface area (Å²) in [5.74, 6) is 0. The number of hydrogen-bond donors (Lipinski definition) is 1. The van der Waals surface area contributed by atoms with Gasteiger partial charge in [-0.3, -0.25) is 0 Å². The molecule has 0 radical (unpaired) electrons. The lowest BCUT2D eigenvalue weighted by atomic mass is 10.2. The minimum atomic E-state index is 0.481. The van der Waals surface area contributed by atoms with E-state index in [1.807, 2.05) is 0 Å². The molecule has 1 atom stereocenters. The first-order chi connectivity index (χ1) is 8.22. The van der Waals surface area contributed by atoms with Gasteiger partial charge in [0.2, 0.25) is 0 Å². The van der Waals surface area contributed by atoms with Crippen molar-refractivity contribution in [2.75, 3.05) is 0 Å². The smallest absolute Gasteiger partial charge is 0.0934 e. The van der Waals surface area contributed by atoms with Crippen LogP contribution in [0.3, 0.4) is 0 Å². The van der Waals surface area contributed by atoms with Crippen LogP contribution in [0.1, 0.15) is 27.8 Å². The zero-order chi connectivity index (χ0) is 11.8. The van der Waals surface area contributed by atoms with Crippen LogP contribution in [-0.2, 0) is 13.0 Å². The molecule has 0 saturated heterocycles. The largest absolute Gasteiger partial charge is 0.305 e. The van der Waals surface area contributed by atoms with Crippen molar-refractivity contribution >= 4 is 50.2 Å². The first-order valence-electron chi connectivity index (χ1n) is 5.48. The third-order valence-electron chi connectivity index (χ3n) is 3.00. The van der Waals surface area contributed by atoms with Crippen molar-refractivity contribution < 1.29 is 0 Å². The second kappa shape index (κ2) is 5.02. The van der Waals surface area contributed by atoms with E-state index in [4.69, 9.17) is 11.6 Å². The third kappa shape index (κ3) is 2.61. The molecule has 1 aliphatic carbocycles. The molecule has 1 nitrogen and oxygen atoms in total. The van der Waals surface area contributed by atoms with Crippen molar-refractivity contribution in [1.29, 1.82) is 0 Å².